The molecule has 0 spiro atoms. The molecule has 1 aromatic rings. The van der Waals surface area contributed by atoms with Gasteiger partial charge in [-0.3, -0.25) is 9.48 Å². The predicted octanol–water partition coefficient (Wildman–Crippen LogP) is 0.112. The van der Waals surface area contributed by atoms with Crippen LogP contribution >= 0.6 is 0 Å². The molecule has 1 aliphatic rings. The van der Waals surface area contributed by atoms with E-state index in [1.165, 1.54) is 0 Å². The lowest BCUT2D eigenvalue weighted by Gasteiger charge is -2.36. The normalized spacial score (nSPS) is 24.2. The van der Waals surface area contributed by atoms with Crippen molar-refractivity contribution in [2.45, 2.75) is 26.3 Å². The van der Waals surface area contributed by atoms with Crippen molar-refractivity contribution in [3.8, 4) is 0 Å². The summed E-state index contributed by atoms with van der Waals surface area (Å²) in [6.07, 6.45) is 4.93. The van der Waals surface area contributed by atoms with Gasteiger partial charge in [0, 0.05) is 25.7 Å². The number of likely N-dealkylation sites (tertiary alicyclic amines) is 1. The Morgan fingerprint density at radius 2 is 2.39 bits per heavy atom. The van der Waals surface area contributed by atoms with Crippen LogP contribution in [0, 0.1) is 11.8 Å². The van der Waals surface area contributed by atoms with Crippen LogP contribution in [0.25, 0.3) is 0 Å². The minimum atomic E-state index is 0.191. The van der Waals surface area contributed by atoms with E-state index in [1.54, 1.807) is 17.1 Å². The van der Waals surface area contributed by atoms with Crippen molar-refractivity contribution in [3.05, 3.63) is 12.4 Å². The van der Waals surface area contributed by atoms with Crippen molar-refractivity contribution in [1.29, 1.82) is 0 Å². The van der Waals surface area contributed by atoms with Crippen LogP contribution < -0.4 is 5.73 Å². The number of carbonyl (C=O) groups is 1. The van der Waals surface area contributed by atoms with Gasteiger partial charge >= 0.3 is 0 Å². The quantitative estimate of drug-likeness (QED) is 0.824. The summed E-state index contributed by atoms with van der Waals surface area (Å²) in [6, 6.07) is 0. The van der Waals surface area contributed by atoms with E-state index < -0.39 is 0 Å². The monoisotopic (exact) mass is 251 g/mol. The van der Waals surface area contributed by atoms with Crippen LogP contribution in [0.2, 0.25) is 0 Å². The van der Waals surface area contributed by atoms with Gasteiger partial charge in [-0.2, -0.15) is 0 Å². The highest BCUT2D eigenvalue weighted by Gasteiger charge is 2.27. The Morgan fingerprint density at radius 1 is 1.56 bits per heavy atom. The second-order valence-corrected chi connectivity index (χ2v) is 5.02. The van der Waals surface area contributed by atoms with Gasteiger partial charge in [-0.05, 0) is 24.8 Å². The second kappa shape index (κ2) is 5.95. The molecule has 1 amide bonds. The molecule has 2 unspecified atom stereocenters. The van der Waals surface area contributed by atoms with Gasteiger partial charge in [0.15, 0.2) is 0 Å². The van der Waals surface area contributed by atoms with Gasteiger partial charge in [-0.15, -0.1) is 5.10 Å². The second-order valence-electron chi connectivity index (χ2n) is 5.02. The molecule has 6 heteroatoms. The van der Waals surface area contributed by atoms with Crippen LogP contribution in [-0.2, 0) is 11.3 Å². The maximum absolute atomic E-state index is 12.1. The van der Waals surface area contributed by atoms with Gasteiger partial charge in [0.1, 0.15) is 0 Å². The Kier molecular flexibility index (Phi) is 4.30. The molecule has 18 heavy (non-hydrogen) atoms. The molecule has 0 radical (unpaired) electrons. The number of aryl methyl sites for hydroxylation is 1. The first kappa shape index (κ1) is 13.0. The van der Waals surface area contributed by atoms with E-state index in [2.05, 4.69) is 17.2 Å². The molecule has 2 rings (SSSR count). The van der Waals surface area contributed by atoms with Crippen LogP contribution in [0.1, 0.15) is 19.8 Å². The highest BCUT2D eigenvalue weighted by Crippen LogP contribution is 2.22. The fourth-order valence-corrected chi connectivity index (χ4v) is 2.40. The smallest absolute Gasteiger partial charge is 0.224 e. The largest absolute Gasteiger partial charge is 0.342 e. The average Bonchev–Trinajstić information content (AvgIpc) is 2.89. The average molecular weight is 251 g/mol. The van der Waals surface area contributed by atoms with Gasteiger partial charge < -0.3 is 10.6 Å². The van der Waals surface area contributed by atoms with Gasteiger partial charge in [0.25, 0.3) is 0 Å². The van der Waals surface area contributed by atoms with E-state index in [4.69, 9.17) is 5.73 Å². The number of nitrogens with two attached hydrogens (primary N) is 1. The first-order valence-electron chi connectivity index (χ1n) is 6.52. The van der Waals surface area contributed by atoms with Crippen molar-refractivity contribution >= 4 is 5.91 Å². The van der Waals surface area contributed by atoms with Gasteiger partial charge in [-0.1, -0.05) is 12.1 Å². The molecule has 2 heterocycles. The number of carbonyl (C=O) groups excluding carboxylic acids is 1. The summed E-state index contributed by atoms with van der Waals surface area (Å²) in [5.41, 5.74) is 5.75. The number of hydrogen-bond acceptors (Lipinski definition) is 4. The molecule has 2 atom stereocenters. The fraction of sp³-hybridized carbons (Fsp3) is 0.750. The fourth-order valence-electron chi connectivity index (χ4n) is 2.40. The summed E-state index contributed by atoms with van der Waals surface area (Å²) in [6.45, 7) is 5.13. The molecule has 6 nitrogen and oxygen atoms in total. The van der Waals surface area contributed by atoms with Crippen molar-refractivity contribution in [1.82, 2.24) is 19.9 Å². The van der Waals surface area contributed by atoms with Gasteiger partial charge in [-0.25, -0.2) is 0 Å². The molecule has 0 aliphatic carbocycles. The minimum Gasteiger partial charge on any atom is -0.342 e. The highest BCUT2D eigenvalue weighted by molar-refractivity contribution is 5.76. The van der Waals surface area contributed by atoms with Crippen molar-refractivity contribution in [3.63, 3.8) is 0 Å². The molecule has 1 aromatic heterocycles. The summed E-state index contributed by atoms with van der Waals surface area (Å²) in [7, 11) is 0. The summed E-state index contributed by atoms with van der Waals surface area (Å²) in [5, 5.41) is 7.57. The summed E-state index contributed by atoms with van der Waals surface area (Å²) in [4.78, 5) is 14.0. The van der Waals surface area contributed by atoms with Crippen LogP contribution in [0.15, 0.2) is 12.4 Å². The Hall–Kier alpha value is -1.43. The lowest BCUT2D eigenvalue weighted by Crippen LogP contribution is -2.45. The zero-order valence-electron chi connectivity index (χ0n) is 10.8. The van der Waals surface area contributed by atoms with E-state index in [1.807, 2.05) is 4.90 Å². The predicted molar refractivity (Wildman–Crippen MR) is 67.5 cm³/mol. The van der Waals surface area contributed by atoms with E-state index in [0.717, 1.165) is 19.5 Å². The number of rotatable bonds is 4. The molecular formula is C12H21N5O. The van der Waals surface area contributed by atoms with E-state index >= 15 is 0 Å². The topological polar surface area (TPSA) is 77.0 Å². The Labute approximate surface area is 107 Å². The number of piperidine rings is 1. The maximum atomic E-state index is 12.1. The number of aromatic nitrogens is 3. The summed E-state index contributed by atoms with van der Waals surface area (Å²) < 4.78 is 1.69. The third-order valence-corrected chi connectivity index (χ3v) is 3.80. The van der Waals surface area contributed by atoms with Crippen LogP contribution in [0.4, 0.5) is 0 Å². The van der Waals surface area contributed by atoms with Crippen LogP contribution in [-0.4, -0.2) is 45.4 Å². The molecule has 1 saturated heterocycles. The lowest BCUT2D eigenvalue weighted by molar-refractivity contribution is -0.133. The van der Waals surface area contributed by atoms with E-state index in [9.17, 15) is 4.79 Å². The lowest BCUT2D eigenvalue weighted by atomic mass is 9.87. The molecule has 0 aromatic carbocycles. The summed E-state index contributed by atoms with van der Waals surface area (Å²) in [5.74, 6) is 1.25. The SMILES string of the molecule is CC1CCN(C(=O)CCn2ccnn2)CC1CN. The highest BCUT2D eigenvalue weighted by atomic mass is 16.2. The Balaban J connectivity index is 1.82. The minimum absolute atomic E-state index is 0.191. The van der Waals surface area contributed by atoms with Crippen molar-refractivity contribution in [2.75, 3.05) is 19.6 Å². The molecular weight excluding hydrogens is 230 g/mol. The maximum Gasteiger partial charge on any atom is 0.224 e. The third kappa shape index (κ3) is 3.07. The van der Waals surface area contributed by atoms with Crippen LogP contribution in [0.5, 0.6) is 0 Å². The zero-order valence-corrected chi connectivity index (χ0v) is 10.8. The van der Waals surface area contributed by atoms with Crippen molar-refractivity contribution < 1.29 is 4.79 Å². The number of nitrogens with zero attached hydrogens (tertiary/aromatic N) is 4. The van der Waals surface area contributed by atoms with Gasteiger partial charge in [0.2, 0.25) is 5.91 Å². The molecule has 0 bridgehead atoms. The Morgan fingerprint density at radius 3 is 3.06 bits per heavy atom. The molecule has 100 valence electrons. The number of hydrogen-bond donors (Lipinski definition) is 1. The third-order valence-electron chi connectivity index (χ3n) is 3.80. The van der Waals surface area contributed by atoms with Crippen molar-refractivity contribution in [2.24, 2.45) is 17.6 Å². The first-order valence-corrected chi connectivity index (χ1v) is 6.52. The number of amides is 1. The molecule has 0 saturated carbocycles. The molecule has 1 fully saturated rings. The standard InChI is InChI=1S/C12H21N5O/c1-10-2-5-16(9-11(10)8-13)12(18)3-6-17-7-4-14-15-17/h4,7,10-11H,2-3,5-6,8-9,13H2,1H3. The molecule has 1 aliphatic heterocycles. The van der Waals surface area contributed by atoms with E-state index in [-0.39, 0.29) is 5.91 Å². The first-order chi connectivity index (χ1) is 8.70. The zero-order chi connectivity index (χ0) is 13.0. The summed E-state index contributed by atoms with van der Waals surface area (Å²) >= 11 is 0. The van der Waals surface area contributed by atoms with Crippen LogP contribution in [0.3, 0.4) is 0 Å². The van der Waals surface area contributed by atoms with Gasteiger partial charge in [0.05, 0.1) is 12.7 Å². The molecule has 2 N–H and O–H groups in total. The van der Waals surface area contributed by atoms with E-state index in [0.29, 0.717) is 31.3 Å². The Bertz CT molecular complexity index is 378.